The maximum Gasteiger partial charge on any atom is 0.257 e. The van der Waals surface area contributed by atoms with Gasteiger partial charge in [0, 0.05) is 25.1 Å². The summed E-state index contributed by atoms with van der Waals surface area (Å²) in [5, 5.41) is 9.56. The Morgan fingerprint density at radius 1 is 1.13 bits per heavy atom. The minimum atomic E-state index is -0.128. The van der Waals surface area contributed by atoms with E-state index < -0.39 is 0 Å². The molecule has 160 valence electrons. The van der Waals surface area contributed by atoms with E-state index in [1.807, 2.05) is 56.3 Å². The molecule has 2 aromatic carbocycles. The van der Waals surface area contributed by atoms with Crippen molar-refractivity contribution in [2.45, 2.75) is 32.9 Å². The number of carbonyl (C=O) groups excluding carboxylic acids is 1. The third kappa shape index (κ3) is 6.14. The molecule has 1 amide bonds. The molecule has 0 saturated carbocycles. The van der Waals surface area contributed by atoms with Crippen molar-refractivity contribution >= 4 is 11.9 Å². The summed E-state index contributed by atoms with van der Waals surface area (Å²) < 4.78 is 11.3. The Labute approximate surface area is 177 Å². The number of likely N-dealkylation sites (N-methyl/N-ethyl adjacent to an activating group) is 1. The van der Waals surface area contributed by atoms with Crippen LogP contribution in [0.5, 0.6) is 11.5 Å². The first-order valence-corrected chi connectivity index (χ1v) is 10.4. The molecule has 0 aromatic heterocycles. The van der Waals surface area contributed by atoms with Crippen molar-refractivity contribution < 1.29 is 14.3 Å². The molecule has 2 aromatic rings. The maximum atomic E-state index is 11.6. The SMILES string of the molecule is CCNC(=O)COc1cccc(CN=C(NCC)NC2CCOc3ccccc32)c1. The van der Waals surface area contributed by atoms with E-state index in [2.05, 4.69) is 22.0 Å². The molecule has 7 heteroatoms. The van der Waals surface area contributed by atoms with Crippen LogP contribution in [-0.2, 0) is 11.3 Å². The Bertz CT molecular complexity index is 869. The zero-order valence-electron chi connectivity index (χ0n) is 17.6. The molecular formula is C23H30N4O3. The number of ether oxygens (including phenoxy) is 2. The van der Waals surface area contributed by atoms with Gasteiger partial charge in [0.15, 0.2) is 12.6 Å². The summed E-state index contributed by atoms with van der Waals surface area (Å²) in [5.41, 5.74) is 2.16. The van der Waals surface area contributed by atoms with E-state index in [1.54, 1.807) is 0 Å². The number of nitrogens with one attached hydrogen (secondary N) is 3. The third-order valence-corrected chi connectivity index (χ3v) is 4.68. The average molecular weight is 411 g/mol. The van der Waals surface area contributed by atoms with E-state index in [0.29, 0.717) is 25.4 Å². The third-order valence-electron chi connectivity index (χ3n) is 4.68. The largest absolute Gasteiger partial charge is 0.493 e. The minimum absolute atomic E-state index is 0.00785. The van der Waals surface area contributed by atoms with Crippen LogP contribution in [-0.4, -0.2) is 38.2 Å². The van der Waals surface area contributed by atoms with Gasteiger partial charge in [-0.1, -0.05) is 30.3 Å². The summed E-state index contributed by atoms with van der Waals surface area (Å²) in [6.07, 6.45) is 0.880. The highest BCUT2D eigenvalue weighted by Gasteiger charge is 2.21. The Balaban J connectivity index is 1.64. The number of nitrogens with zero attached hydrogens (tertiary/aromatic N) is 1. The quantitative estimate of drug-likeness (QED) is 0.460. The second kappa shape index (κ2) is 11.1. The fourth-order valence-electron chi connectivity index (χ4n) is 3.28. The zero-order valence-corrected chi connectivity index (χ0v) is 17.6. The molecule has 1 heterocycles. The molecule has 3 rings (SSSR count). The van der Waals surface area contributed by atoms with Gasteiger partial charge in [-0.2, -0.15) is 0 Å². The fourth-order valence-corrected chi connectivity index (χ4v) is 3.28. The summed E-state index contributed by atoms with van der Waals surface area (Å²) in [7, 11) is 0. The first-order chi connectivity index (χ1) is 14.7. The van der Waals surface area contributed by atoms with Crippen molar-refractivity contribution in [3.8, 4) is 11.5 Å². The van der Waals surface area contributed by atoms with Crippen LogP contribution in [0, 0.1) is 0 Å². The standard InChI is InChI=1S/C23H30N4O3/c1-3-24-22(28)16-30-18-9-7-8-17(14-18)15-26-23(25-4-2)27-20-12-13-29-21-11-6-5-10-19(20)21/h5-11,14,20H,3-4,12-13,15-16H2,1-2H3,(H,24,28)(H2,25,26,27). The monoisotopic (exact) mass is 410 g/mol. The maximum absolute atomic E-state index is 11.6. The first kappa shape index (κ1) is 21.5. The van der Waals surface area contributed by atoms with E-state index in [4.69, 9.17) is 14.5 Å². The van der Waals surface area contributed by atoms with Gasteiger partial charge < -0.3 is 25.4 Å². The fraction of sp³-hybridized carbons (Fsp3) is 0.391. The highest BCUT2D eigenvalue weighted by molar-refractivity contribution is 5.80. The number of hydrogen-bond donors (Lipinski definition) is 3. The molecule has 1 aliphatic heterocycles. The van der Waals surface area contributed by atoms with Crippen LogP contribution in [0.4, 0.5) is 0 Å². The molecule has 1 atom stereocenters. The number of benzene rings is 2. The number of rotatable bonds is 8. The van der Waals surface area contributed by atoms with Crippen LogP contribution >= 0.6 is 0 Å². The van der Waals surface area contributed by atoms with Gasteiger partial charge in [-0.3, -0.25) is 4.79 Å². The summed E-state index contributed by atoms with van der Waals surface area (Å²) in [6.45, 7) is 6.48. The summed E-state index contributed by atoms with van der Waals surface area (Å²) in [5.74, 6) is 2.21. The lowest BCUT2D eigenvalue weighted by Crippen LogP contribution is -2.41. The predicted octanol–water partition coefficient (Wildman–Crippen LogP) is 2.78. The van der Waals surface area contributed by atoms with Crippen LogP contribution < -0.4 is 25.4 Å². The average Bonchev–Trinajstić information content (AvgIpc) is 2.77. The van der Waals surface area contributed by atoms with Crippen molar-refractivity contribution in [1.82, 2.24) is 16.0 Å². The molecule has 1 aliphatic rings. The highest BCUT2D eigenvalue weighted by Crippen LogP contribution is 2.31. The minimum Gasteiger partial charge on any atom is -0.493 e. The normalized spacial score (nSPS) is 15.5. The van der Waals surface area contributed by atoms with E-state index >= 15 is 0 Å². The molecule has 7 nitrogen and oxygen atoms in total. The van der Waals surface area contributed by atoms with Gasteiger partial charge in [-0.15, -0.1) is 0 Å². The Hall–Kier alpha value is -3.22. The smallest absolute Gasteiger partial charge is 0.257 e. The number of fused-ring (bicyclic) bond motifs is 1. The van der Waals surface area contributed by atoms with E-state index in [-0.39, 0.29) is 18.6 Å². The Kier molecular flexibility index (Phi) is 7.94. The number of para-hydroxylation sites is 1. The molecule has 0 bridgehead atoms. The second-order valence-electron chi connectivity index (χ2n) is 6.96. The van der Waals surface area contributed by atoms with Gasteiger partial charge in [0.2, 0.25) is 0 Å². The van der Waals surface area contributed by atoms with Gasteiger partial charge >= 0.3 is 0 Å². The van der Waals surface area contributed by atoms with Gasteiger partial charge in [0.1, 0.15) is 11.5 Å². The molecular weight excluding hydrogens is 380 g/mol. The molecule has 0 saturated heterocycles. The van der Waals surface area contributed by atoms with Gasteiger partial charge in [-0.05, 0) is 37.6 Å². The van der Waals surface area contributed by atoms with Crippen LogP contribution in [0.15, 0.2) is 53.5 Å². The van der Waals surface area contributed by atoms with Crippen LogP contribution in [0.25, 0.3) is 0 Å². The first-order valence-electron chi connectivity index (χ1n) is 10.4. The molecule has 0 fully saturated rings. The molecule has 0 aliphatic carbocycles. The van der Waals surface area contributed by atoms with E-state index in [9.17, 15) is 4.79 Å². The van der Waals surface area contributed by atoms with Crippen LogP contribution in [0.2, 0.25) is 0 Å². The number of hydrogen-bond acceptors (Lipinski definition) is 4. The second-order valence-corrected chi connectivity index (χ2v) is 6.96. The summed E-state index contributed by atoms with van der Waals surface area (Å²) in [6, 6.07) is 15.9. The van der Waals surface area contributed by atoms with E-state index in [0.717, 1.165) is 35.8 Å². The van der Waals surface area contributed by atoms with Crippen molar-refractivity contribution in [3.05, 3.63) is 59.7 Å². The van der Waals surface area contributed by atoms with Crippen LogP contribution in [0.3, 0.4) is 0 Å². The van der Waals surface area contributed by atoms with Crippen LogP contribution in [0.1, 0.15) is 37.4 Å². The summed E-state index contributed by atoms with van der Waals surface area (Å²) in [4.78, 5) is 16.3. The van der Waals surface area contributed by atoms with Gasteiger partial charge in [0.25, 0.3) is 5.91 Å². The van der Waals surface area contributed by atoms with Crippen molar-refractivity contribution in [3.63, 3.8) is 0 Å². The lowest BCUT2D eigenvalue weighted by Gasteiger charge is -2.28. The zero-order chi connectivity index (χ0) is 21.2. The lowest BCUT2D eigenvalue weighted by molar-refractivity contribution is -0.122. The summed E-state index contributed by atoms with van der Waals surface area (Å²) >= 11 is 0. The molecule has 3 N–H and O–H groups in total. The molecule has 0 spiro atoms. The molecule has 0 radical (unpaired) electrons. The van der Waals surface area contributed by atoms with E-state index in [1.165, 1.54) is 0 Å². The Morgan fingerprint density at radius 3 is 2.80 bits per heavy atom. The number of amides is 1. The number of guanidine groups is 1. The van der Waals surface area contributed by atoms with Gasteiger partial charge in [-0.25, -0.2) is 4.99 Å². The topological polar surface area (TPSA) is 84.0 Å². The Morgan fingerprint density at radius 2 is 1.97 bits per heavy atom. The predicted molar refractivity (Wildman–Crippen MR) is 118 cm³/mol. The molecule has 1 unspecified atom stereocenters. The number of carbonyl (C=O) groups is 1. The molecule has 30 heavy (non-hydrogen) atoms. The van der Waals surface area contributed by atoms with Gasteiger partial charge in [0.05, 0.1) is 19.2 Å². The van der Waals surface area contributed by atoms with Crippen molar-refractivity contribution in [1.29, 1.82) is 0 Å². The lowest BCUT2D eigenvalue weighted by atomic mass is 10.0. The number of aliphatic imine (C=N–C) groups is 1. The van der Waals surface area contributed by atoms with Crippen molar-refractivity contribution in [2.24, 2.45) is 4.99 Å². The highest BCUT2D eigenvalue weighted by atomic mass is 16.5. The van der Waals surface area contributed by atoms with Crippen molar-refractivity contribution in [2.75, 3.05) is 26.3 Å².